The zero-order chi connectivity index (χ0) is 38.7. The smallest absolute Gasteiger partial charge is 0.323 e. The third-order valence-electron chi connectivity index (χ3n) is 10.1. The van der Waals surface area contributed by atoms with Crippen LogP contribution in [0.4, 0.5) is 11.8 Å². The number of carbonyl (C=O) groups is 2. The molecule has 5 rings (SSSR count). The van der Waals surface area contributed by atoms with Crippen molar-refractivity contribution in [3.05, 3.63) is 59.1 Å². The number of hydrogen-bond donors (Lipinski definition) is 6. The van der Waals surface area contributed by atoms with E-state index >= 15 is 0 Å². The van der Waals surface area contributed by atoms with Gasteiger partial charge in [0.25, 0.3) is 0 Å². The molecule has 1 atom stereocenters. The molecule has 15 heteroatoms. The summed E-state index contributed by atoms with van der Waals surface area (Å²) in [6, 6.07) is 14.9. The van der Waals surface area contributed by atoms with E-state index in [1.807, 2.05) is 47.4 Å². The summed E-state index contributed by atoms with van der Waals surface area (Å²) in [5.74, 6) is 6.23. The molecule has 8 N–H and O–H groups in total. The minimum atomic E-state index is -0.852. The first-order valence-electron chi connectivity index (χ1n) is 19.8. The molecule has 0 unspecified atom stereocenters. The zero-order valence-electron chi connectivity index (χ0n) is 31.9. The summed E-state index contributed by atoms with van der Waals surface area (Å²) in [5.41, 5.74) is 8.20. The molecule has 14 nitrogen and oxygen atoms in total. The first-order chi connectivity index (χ1) is 26.9. The molecule has 298 valence electrons. The number of rotatable bonds is 21. The Morgan fingerprint density at radius 1 is 0.982 bits per heavy atom. The van der Waals surface area contributed by atoms with E-state index in [1.165, 1.54) is 32.1 Å². The van der Waals surface area contributed by atoms with Gasteiger partial charge in [-0.1, -0.05) is 61.2 Å². The maximum atomic E-state index is 13.0. The van der Waals surface area contributed by atoms with Crippen molar-refractivity contribution in [2.75, 3.05) is 56.4 Å². The lowest BCUT2D eigenvalue weighted by molar-refractivity contribution is -0.146. The van der Waals surface area contributed by atoms with Crippen LogP contribution in [0.5, 0.6) is 0 Å². The maximum Gasteiger partial charge on any atom is 0.323 e. The average Bonchev–Trinajstić information content (AvgIpc) is 3.21. The number of hydrogen-bond acceptors (Lipinski definition) is 13. The quantitative estimate of drug-likeness (QED) is 0.0290. The van der Waals surface area contributed by atoms with E-state index in [4.69, 9.17) is 32.9 Å². The highest BCUT2D eigenvalue weighted by Gasteiger charge is 2.25. The molecule has 1 aromatic heterocycles. The van der Waals surface area contributed by atoms with E-state index in [2.05, 4.69) is 36.3 Å². The highest BCUT2D eigenvalue weighted by Crippen LogP contribution is 2.27. The summed E-state index contributed by atoms with van der Waals surface area (Å²) in [4.78, 5) is 41.2. The molecular weight excluding hydrogens is 718 g/mol. The fourth-order valence-electron chi connectivity index (χ4n) is 6.86. The van der Waals surface area contributed by atoms with Crippen LogP contribution in [0.1, 0.15) is 76.2 Å². The molecule has 3 aromatic rings. The molecule has 2 fully saturated rings. The number of esters is 1. The molecular formula is C40H58ClN11O3. The summed E-state index contributed by atoms with van der Waals surface area (Å²) in [5, 5.41) is 19.3. The van der Waals surface area contributed by atoms with Gasteiger partial charge < -0.3 is 42.5 Å². The molecule has 0 spiro atoms. The van der Waals surface area contributed by atoms with E-state index in [0.29, 0.717) is 60.2 Å². The number of aromatic nitrogens is 2. The number of nitrogens with two attached hydrogens (primary N) is 2. The average molecular weight is 776 g/mol. The summed E-state index contributed by atoms with van der Waals surface area (Å²) < 4.78 is 5.33. The Kier molecular flexibility index (Phi) is 17.4. The van der Waals surface area contributed by atoms with E-state index in [1.54, 1.807) is 12.3 Å². The number of anilines is 2. The van der Waals surface area contributed by atoms with Gasteiger partial charge in [0.1, 0.15) is 18.5 Å². The fourth-order valence-corrected chi connectivity index (χ4v) is 7.03. The first kappa shape index (κ1) is 41.8. The summed E-state index contributed by atoms with van der Waals surface area (Å²) in [6.07, 6.45) is 12.4. The second-order valence-electron chi connectivity index (χ2n) is 14.4. The van der Waals surface area contributed by atoms with Gasteiger partial charge in [-0.2, -0.15) is 10.1 Å². The van der Waals surface area contributed by atoms with Crippen molar-refractivity contribution < 1.29 is 14.3 Å². The lowest BCUT2D eigenvalue weighted by atomic mass is 9.95. The maximum absolute atomic E-state index is 13.0. The van der Waals surface area contributed by atoms with Crippen molar-refractivity contribution in [3.63, 3.8) is 0 Å². The van der Waals surface area contributed by atoms with E-state index in [0.717, 1.165) is 56.3 Å². The standard InChI is InChI=1S/C40H58ClN11O3/c41-30-13-14-34-36(25-30)49-40(47-27-33(51-43)26-45-21-7-19-44-20-8-22-46-31-11-5-2-6-12-31)50-38(34)48-32-17-23-52(24-18-32)37(53)16-15-35(42)39(54)55-28-29-9-3-1-4-10-29/h1,3-4,9-10,13-14,25-26,31-32,35,44,46H,2,5-8,11-12,15-24,27-28,42-43H2,(H2,47,48,49,50)/t35-/m0/s1. The molecule has 2 aliphatic rings. The van der Waals surface area contributed by atoms with Crippen LogP contribution in [0.25, 0.3) is 10.9 Å². The number of piperidine rings is 1. The van der Waals surface area contributed by atoms with Crippen molar-refractivity contribution in [1.82, 2.24) is 25.5 Å². The highest BCUT2D eigenvalue weighted by molar-refractivity contribution is 6.32. The Labute approximate surface area is 329 Å². The van der Waals surface area contributed by atoms with Crippen LogP contribution < -0.4 is 32.8 Å². The summed E-state index contributed by atoms with van der Waals surface area (Å²) in [7, 11) is 0. The predicted octanol–water partition coefficient (Wildman–Crippen LogP) is 4.63. The topological polar surface area (TPSA) is 197 Å². The van der Waals surface area contributed by atoms with Crippen LogP contribution in [-0.4, -0.2) is 103 Å². The number of amides is 1. The van der Waals surface area contributed by atoms with Gasteiger partial charge in [-0.05, 0) is 88.3 Å². The molecule has 1 aliphatic carbocycles. The van der Waals surface area contributed by atoms with Crippen molar-refractivity contribution in [2.24, 2.45) is 21.7 Å². The molecule has 0 radical (unpaired) electrons. The second-order valence-corrected chi connectivity index (χ2v) is 14.8. The monoisotopic (exact) mass is 775 g/mol. The second kappa shape index (κ2) is 22.9. The third kappa shape index (κ3) is 14.3. The van der Waals surface area contributed by atoms with Gasteiger partial charge in [-0.25, -0.2) is 4.98 Å². The zero-order valence-corrected chi connectivity index (χ0v) is 32.6. The minimum absolute atomic E-state index is 0.0241. The van der Waals surface area contributed by atoms with Crippen LogP contribution in [-0.2, 0) is 20.9 Å². The lowest BCUT2D eigenvalue weighted by Gasteiger charge is -2.33. The van der Waals surface area contributed by atoms with Crippen molar-refractivity contribution in [3.8, 4) is 0 Å². The third-order valence-corrected chi connectivity index (χ3v) is 10.3. The summed E-state index contributed by atoms with van der Waals surface area (Å²) >= 11 is 6.34. The highest BCUT2D eigenvalue weighted by atomic mass is 35.5. The molecule has 2 heterocycles. The van der Waals surface area contributed by atoms with Gasteiger partial charge in [0.15, 0.2) is 0 Å². The van der Waals surface area contributed by atoms with Gasteiger partial charge in [0.2, 0.25) is 11.9 Å². The molecule has 1 saturated carbocycles. The van der Waals surface area contributed by atoms with E-state index < -0.39 is 12.0 Å². The number of ether oxygens (including phenoxy) is 1. The number of nitrogens with one attached hydrogen (secondary N) is 4. The molecule has 55 heavy (non-hydrogen) atoms. The Morgan fingerprint density at radius 2 is 1.76 bits per heavy atom. The number of fused-ring (bicyclic) bond motifs is 1. The first-order valence-corrected chi connectivity index (χ1v) is 20.2. The number of nitrogens with zero attached hydrogens (tertiary/aromatic N) is 5. The lowest BCUT2D eigenvalue weighted by Crippen LogP contribution is -2.43. The minimum Gasteiger partial charge on any atom is -0.460 e. The number of carbonyl (C=O) groups excluding carboxylic acids is 2. The number of hydrazone groups is 1. The van der Waals surface area contributed by atoms with Crippen LogP contribution in [0.2, 0.25) is 5.02 Å². The van der Waals surface area contributed by atoms with Gasteiger partial charge in [0.05, 0.1) is 17.8 Å². The number of likely N-dealkylation sites (tertiary alicyclic amines) is 1. The molecule has 0 bridgehead atoms. The number of halogens is 1. The van der Waals surface area contributed by atoms with Gasteiger partial charge in [-0.15, -0.1) is 0 Å². The van der Waals surface area contributed by atoms with Crippen molar-refractivity contribution in [1.29, 1.82) is 0 Å². The van der Waals surface area contributed by atoms with Crippen LogP contribution in [0.3, 0.4) is 0 Å². The van der Waals surface area contributed by atoms with E-state index in [9.17, 15) is 9.59 Å². The number of benzene rings is 2. The Hall–Kier alpha value is -4.37. The Bertz CT molecular complexity index is 1700. The van der Waals surface area contributed by atoms with Gasteiger partial charge in [-0.3, -0.25) is 14.6 Å². The van der Waals surface area contributed by atoms with Crippen LogP contribution >= 0.6 is 11.6 Å². The summed E-state index contributed by atoms with van der Waals surface area (Å²) in [6.45, 7) is 5.27. The SMILES string of the molecule is NN=C(C=NCCCNCCCNC1CCCCC1)CNc1nc(NC2CCN(C(=O)CC[C@H](N)C(=O)OCc3ccccc3)CC2)c2ccc(Cl)cc2n1. The van der Waals surface area contributed by atoms with Crippen molar-refractivity contribution in [2.45, 2.75) is 95.4 Å². The van der Waals surface area contributed by atoms with E-state index in [-0.39, 0.29) is 31.4 Å². The Morgan fingerprint density at radius 3 is 2.55 bits per heavy atom. The molecule has 1 amide bonds. The molecule has 1 aliphatic heterocycles. The van der Waals surface area contributed by atoms with Gasteiger partial charge >= 0.3 is 5.97 Å². The van der Waals surface area contributed by atoms with Crippen LogP contribution in [0, 0.1) is 0 Å². The molecule has 1 saturated heterocycles. The molecule has 2 aromatic carbocycles. The number of aliphatic imine (C=N–C) groups is 1. The predicted molar refractivity (Wildman–Crippen MR) is 222 cm³/mol. The van der Waals surface area contributed by atoms with Crippen molar-refractivity contribution >= 4 is 58.1 Å². The normalized spacial score (nSPS) is 16.4. The van der Waals surface area contributed by atoms with Gasteiger partial charge in [0, 0.05) is 54.8 Å². The largest absolute Gasteiger partial charge is 0.460 e. The van der Waals surface area contributed by atoms with Crippen LogP contribution in [0.15, 0.2) is 58.6 Å². The fraction of sp³-hybridized carbons (Fsp3) is 0.550. The Balaban J connectivity index is 1.02.